The van der Waals surface area contributed by atoms with Gasteiger partial charge in [0.25, 0.3) is 0 Å². The van der Waals surface area contributed by atoms with Crippen molar-refractivity contribution in [2.75, 3.05) is 25.5 Å². The number of carbonyl (C=O) groups excluding carboxylic acids is 1. The summed E-state index contributed by atoms with van der Waals surface area (Å²) in [4.78, 5) is 11.9. The number of ether oxygens (including phenoxy) is 1. The van der Waals surface area contributed by atoms with Crippen molar-refractivity contribution < 1.29 is 26.7 Å². The van der Waals surface area contributed by atoms with E-state index in [1.165, 1.54) is 7.11 Å². The summed E-state index contributed by atoms with van der Waals surface area (Å²) < 4.78 is 59.0. The summed E-state index contributed by atoms with van der Waals surface area (Å²) in [6.07, 6.45) is 0.548. The monoisotopic (exact) mass is 424 g/mol. The Hall–Kier alpha value is -2.52. The van der Waals surface area contributed by atoms with Gasteiger partial charge in [0.2, 0.25) is 15.9 Å². The van der Waals surface area contributed by atoms with Crippen LogP contribution in [-0.2, 0) is 14.8 Å². The Morgan fingerprint density at radius 1 is 1.14 bits per heavy atom. The molecule has 1 aliphatic heterocycles. The van der Waals surface area contributed by atoms with Crippen LogP contribution in [0, 0.1) is 24.5 Å². The minimum Gasteiger partial charge on any atom is -0.495 e. The smallest absolute Gasteiger partial charge is 0.246 e. The minimum atomic E-state index is -4.17. The molecule has 0 aliphatic carbocycles. The summed E-state index contributed by atoms with van der Waals surface area (Å²) in [5, 5.41) is 2.83. The predicted molar refractivity (Wildman–Crippen MR) is 104 cm³/mol. The van der Waals surface area contributed by atoms with E-state index in [1.54, 1.807) is 12.1 Å². The SMILES string of the molecule is COc1ccc(C)cc1NC(=O)C1CCN(S(=O)(=O)c2cc(F)ccc2F)CC1. The Kier molecular flexibility index (Phi) is 6.18. The second-order valence-corrected chi connectivity index (χ2v) is 8.85. The van der Waals surface area contributed by atoms with E-state index in [0.717, 1.165) is 22.0 Å². The van der Waals surface area contributed by atoms with Gasteiger partial charge in [0.15, 0.2) is 0 Å². The summed E-state index contributed by atoms with van der Waals surface area (Å²) in [5.41, 5.74) is 1.51. The average Bonchev–Trinajstić information content (AvgIpc) is 2.70. The number of amides is 1. The van der Waals surface area contributed by atoms with Crippen LogP contribution >= 0.6 is 0 Å². The summed E-state index contributed by atoms with van der Waals surface area (Å²) in [6, 6.07) is 7.75. The van der Waals surface area contributed by atoms with Gasteiger partial charge in [-0.05, 0) is 55.7 Å². The molecule has 2 aromatic rings. The molecular weight excluding hydrogens is 402 g/mol. The van der Waals surface area contributed by atoms with Crippen molar-refractivity contribution in [2.45, 2.75) is 24.7 Å². The maximum Gasteiger partial charge on any atom is 0.246 e. The van der Waals surface area contributed by atoms with Gasteiger partial charge in [-0.25, -0.2) is 17.2 Å². The van der Waals surface area contributed by atoms with Crippen LogP contribution < -0.4 is 10.1 Å². The van der Waals surface area contributed by atoms with E-state index < -0.39 is 32.5 Å². The second-order valence-electron chi connectivity index (χ2n) is 6.95. The molecule has 156 valence electrons. The molecule has 2 aromatic carbocycles. The van der Waals surface area contributed by atoms with Crippen LogP contribution in [-0.4, -0.2) is 38.8 Å². The molecule has 3 rings (SSSR count). The van der Waals surface area contributed by atoms with Crippen molar-refractivity contribution in [1.29, 1.82) is 0 Å². The van der Waals surface area contributed by atoms with Gasteiger partial charge < -0.3 is 10.1 Å². The first-order valence-corrected chi connectivity index (χ1v) is 10.6. The van der Waals surface area contributed by atoms with Crippen LogP contribution in [0.2, 0.25) is 0 Å². The number of rotatable bonds is 5. The lowest BCUT2D eigenvalue weighted by Gasteiger charge is -2.30. The minimum absolute atomic E-state index is 0.0430. The number of benzene rings is 2. The molecule has 0 unspecified atom stereocenters. The van der Waals surface area contributed by atoms with Gasteiger partial charge in [-0.15, -0.1) is 0 Å². The van der Waals surface area contributed by atoms with Gasteiger partial charge in [0, 0.05) is 19.0 Å². The zero-order chi connectivity index (χ0) is 21.2. The molecule has 0 spiro atoms. The third-order valence-corrected chi connectivity index (χ3v) is 6.86. The lowest BCUT2D eigenvalue weighted by Crippen LogP contribution is -2.41. The molecule has 6 nitrogen and oxygen atoms in total. The Balaban J connectivity index is 1.68. The molecule has 29 heavy (non-hydrogen) atoms. The van der Waals surface area contributed by atoms with Crippen LogP contribution in [0.25, 0.3) is 0 Å². The van der Waals surface area contributed by atoms with Crippen molar-refractivity contribution in [3.63, 3.8) is 0 Å². The number of hydrogen-bond donors (Lipinski definition) is 1. The number of carbonyl (C=O) groups is 1. The number of sulfonamides is 1. The van der Waals surface area contributed by atoms with Gasteiger partial charge in [0.05, 0.1) is 12.8 Å². The molecule has 0 aromatic heterocycles. The zero-order valence-corrected chi connectivity index (χ0v) is 16.9. The predicted octanol–water partition coefficient (Wildman–Crippen LogP) is 3.32. The lowest BCUT2D eigenvalue weighted by molar-refractivity contribution is -0.120. The number of methoxy groups -OCH3 is 1. The number of aryl methyl sites for hydroxylation is 1. The largest absolute Gasteiger partial charge is 0.495 e. The van der Waals surface area contributed by atoms with Gasteiger partial charge in [-0.3, -0.25) is 4.79 Å². The molecule has 1 amide bonds. The molecule has 0 bridgehead atoms. The van der Waals surface area contributed by atoms with E-state index in [2.05, 4.69) is 5.32 Å². The molecule has 0 saturated carbocycles. The number of anilines is 1. The average molecular weight is 424 g/mol. The fourth-order valence-corrected chi connectivity index (χ4v) is 4.87. The molecule has 1 fully saturated rings. The fraction of sp³-hybridized carbons (Fsp3) is 0.350. The highest BCUT2D eigenvalue weighted by Gasteiger charge is 2.34. The molecule has 1 aliphatic rings. The Morgan fingerprint density at radius 2 is 1.83 bits per heavy atom. The molecule has 1 saturated heterocycles. The van der Waals surface area contributed by atoms with Crippen LogP contribution in [0.3, 0.4) is 0 Å². The molecule has 1 heterocycles. The first-order chi connectivity index (χ1) is 13.7. The van der Waals surface area contributed by atoms with Gasteiger partial charge >= 0.3 is 0 Å². The maximum atomic E-state index is 13.9. The highest BCUT2D eigenvalue weighted by atomic mass is 32.2. The summed E-state index contributed by atoms with van der Waals surface area (Å²) in [7, 11) is -2.66. The van der Waals surface area contributed by atoms with E-state index in [9.17, 15) is 22.0 Å². The molecule has 9 heteroatoms. The Labute approximate surface area is 168 Å². The fourth-order valence-electron chi connectivity index (χ4n) is 3.33. The van der Waals surface area contributed by atoms with Crippen LogP contribution in [0.4, 0.5) is 14.5 Å². The first kappa shape index (κ1) is 21.2. The lowest BCUT2D eigenvalue weighted by atomic mass is 9.97. The highest BCUT2D eigenvalue weighted by molar-refractivity contribution is 7.89. The van der Waals surface area contributed by atoms with Gasteiger partial charge in [-0.2, -0.15) is 4.31 Å². The van der Waals surface area contributed by atoms with E-state index in [4.69, 9.17) is 4.74 Å². The number of halogens is 2. The Bertz CT molecular complexity index is 1020. The van der Waals surface area contributed by atoms with Gasteiger partial charge in [-0.1, -0.05) is 6.07 Å². The van der Waals surface area contributed by atoms with E-state index in [1.807, 2.05) is 13.0 Å². The number of hydrogen-bond acceptors (Lipinski definition) is 4. The van der Waals surface area contributed by atoms with E-state index in [0.29, 0.717) is 17.5 Å². The maximum absolute atomic E-state index is 13.9. The van der Waals surface area contributed by atoms with Crippen molar-refractivity contribution in [3.05, 3.63) is 53.6 Å². The summed E-state index contributed by atoms with van der Waals surface area (Å²) in [5.74, 6) is -1.93. The van der Waals surface area contributed by atoms with Gasteiger partial charge in [0.1, 0.15) is 22.3 Å². The van der Waals surface area contributed by atoms with E-state index in [-0.39, 0.29) is 31.8 Å². The topological polar surface area (TPSA) is 75.7 Å². The molecule has 1 N–H and O–H groups in total. The third kappa shape index (κ3) is 4.56. The highest BCUT2D eigenvalue weighted by Crippen LogP contribution is 2.29. The van der Waals surface area contributed by atoms with Crippen LogP contribution in [0.5, 0.6) is 5.75 Å². The van der Waals surface area contributed by atoms with Crippen LogP contribution in [0.1, 0.15) is 18.4 Å². The first-order valence-electron chi connectivity index (χ1n) is 9.13. The quantitative estimate of drug-likeness (QED) is 0.799. The molecule has 0 radical (unpaired) electrons. The second kappa shape index (κ2) is 8.46. The zero-order valence-electron chi connectivity index (χ0n) is 16.1. The molecular formula is C20H22F2N2O4S. The normalized spacial score (nSPS) is 15.9. The van der Waals surface area contributed by atoms with Crippen molar-refractivity contribution >= 4 is 21.6 Å². The van der Waals surface area contributed by atoms with Crippen molar-refractivity contribution in [3.8, 4) is 5.75 Å². The summed E-state index contributed by atoms with van der Waals surface area (Å²) in [6.45, 7) is 1.98. The Morgan fingerprint density at radius 3 is 2.48 bits per heavy atom. The molecule has 0 atom stereocenters. The number of piperidine rings is 1. The number of nitrogens with zero attached hydrogens (tertiary/aromatic N) is 1. The third-order valence-electron chi connectivity index (χ3n) is 4.95. The van der Waals surface area contributed by atoms with Crippen molar-refractivity contribution in [2.24, 2.45) is 5.92 Å². The summed E-state index contributed by atoms with van der Waals surface area (Å²) >= 11 is 0. The number of nitrogens with one attached hydrogen (secondary N) is 1. The van der Waals surface area contributed by atoms with Crippen LogP contribution in [0.15, 0.2) is 41.3 Å². The van der Waals surface area contributed by atoms with Crippen molar-refractivity contribution in [1.82, 2.24) is 4.31 Å². The standard InChI is InChI=1S/C20H22F2N2O4S/c1-13-3-6-18(28-2)17(11-13)23-20(25)14-7-9-24(10-8-14)29(26,27)19-12-15(21)4-5-16(19)22/h3-6,11-12,14H,7-10H2,1-2H3,(H,23,25). The van der Waals surface area contributed by atoms with E-state index >= 15 is 0 Å².